The predicted octanol–water partition coefficient (Wildman–Crippen LogP) is 5.05. The molecule has 0 saturated heterocycles. The minimum atomic E-state index is -4.04. The lowest BCUT2D eigenvalue weighted by Crippen LogP contribution is -2.38. The van der Waals surface area contributed by atoms with Crippen molar-refractivity contribution in [2.24, 2.45) is 0 Å². The zero-order valence-electron chi connectivity index (χ0n) is 18.1. The molecule has 0 spiro atoms. The number of ether oxygens (including phenoxy) is 1. The van der Waals surface area contributed by atoms with Crippen molar-refractivity contribution in [2.45, 2.75) is 25.2 Å². The van der Waals surface area contributed by atoms with E-state index in [-0.39, 0.29) is 15.6 Å². The van der Waals surface area contributed by atoms with E-state index in [1.807, 2.05) is 32.0 Å². The van der Waals surface area contributed by atoms with Crippen molar-refractivity contribution in [3.05, 3.63) is 82.9 Å². The molecule has 168 valence electrons. The molecule has 0 aliphatic carbocycles. The third-order valence-corrected chi connectivity index (χ3v) is 7.08. The second-order valence-corrected chi connectivity index (χ2v) is 9.47. The number of nitrogens with one attached hydrogen (secondary N) is 1. The van der Waals surface area contributed by atoms with Crippen molar-refractivity contribution in [3.63, 3.8) is 0 Å². The van der Waals surface area contributed by atoms with Gasteiger partial charge in [-0.2, -0.15) is 0 Å². The number of nitrogens with zero attached hydrogens (tertiary/aromatic N) is 1. The minimum Gasteiger partial charge on any atom is -0.495 e. The average molecular weight is 473 g/mol. The van der Waals surface area contributed by atoms with Gasteiger partial charge in [0.15, 0.2) is 0 Å². The average Bonchev–Trinajstić information content (AvgIpc) is 2.78. The zero-order chi connectivity index (χ0) is 23.3. The second kappa shape index (κ2) is 10.1. The highest BCUT2D eigenvalue weighted by Gasteiger charge is 2.28. The molecule has 32 heavy (non-hydrogen) atoms. The molecule has 0 aliphatic rings. The number of hydrogen-bond donors (Lipinski definition) is 1. The Morgan fingerprint density at radius 1 is 1.06 bits per heavy atom. The number of benzene rings is 3. The maximum atomic E-state index is 13.5. The van der Waals surface area contributed by atoms with E-state index in [1.165, 1.54) is 25.3 Å². The number of carbonyl (C=O) groups is 1. The summed E-state index contributed by atoms with van der Waals surface area (Å²) < 4.78 is 33.2. The van der Waals surface area contributed by atoms with Crippen LogP contribution in [0.4, 0.5) is 11.4 Å². The van der Waals surface area contributed by atoms with E-state index >= 15 is 0 Å². The van der Waals surface area contributed by atoms with E-state index < -0.39 is 22.5 Å². The number of carbonyl (C=O) groups excluding carboxylic acids is 1. The van der Waals surface area contributed by atoms with Crippen molar-refractivity contribution < 1.29 is 17.9 Å². The first-order chi connectivity index (χ1) is 15.3. The van der Waals surface area contributed by atoms with Crippen LogP contribution in [-0.2, 0) is 21.2 Å². The summed E-state index contributed by atoms with van der Waals surface area (Å²) in [4.78, 5) is 13.0. The van der Waals surface area contributed by atoms with E-state index in [0.717, 1.165) is 21.9 Å². The third-order valence-electron chi connectivity index (χ3n) is 4.99. The van der Waals surface area contributed by atoms with E-state index in [9.17, 15) is 13.2 Å². The molecular weight excluding hydrogens is 448 g/mol. The van der Waals surface area contributed by atoms with Gasteiger partial charge < -0.3 is 10.1 Å². The van der Waals surface area contributed by atoms with Crippen LogP contribution in [0.3, 0.4) is 0 Å². The van der Waals surface area contributed by atoms with Crippen LogP contribution in [0.1, 0.15) is 18.1 Å². The molecule has 0 aromatic heterocycles. The molecule has 0 atom stereocenters. The van der Waals surface area contributed by atoms with E-state index in [4.69, 9.17) is 16.3 Å². The molecule has 0 saturated carbocycles. The number of aryl methyl sites for hydroxylation is 2. The third kappa shape index (κ3) is 5.23. The van der Waals surface area contributed by atoms with Crippen molar-refractivity contribution in [2.75, 3.05) is 23.3 Å². The summed E-state index contributed by atoms with van der Waals surface area (Å²) in [6.45, 7) is 3.44. The zero-order valence-corrected chi connectivity index (χ0v) is 19.7. The molecular formula is C24H25ClN2O4S. The van der Waals surface area contributed by atoms with Crippen LogP contribution in [0.2, 0.25) is 5.02 Å². The van der Waals surface area contributed by atoms with E-state index in [2.05, 4.69) is 5.32 Å². The number of para-hydroxylation sites is 1. The molecule has 8 heteroatoms. The van der Waals surface area contributed by atoms with Gasteiger partial charge in [0.1, 0.15) is 12.3 Å². The fourth-order valence-electron chi connectivity index (χ4n) is 3.23. The van der Waals surface area contributed by atoms with Gasteiger partial charge in [-0.3, -0.25) is 9.10 Å². The van der Waals surface area contributed by atoms with Crippen LogP contribution in [0.15, 0.2) is 71.6 Å². The van der Waals surface area contributed by atoms with Gasteiger partial charge in [0.2, 0.25) is 5.91 Å². The lowest BCUT2D eigenvalue weighted by atomic mass is 10.1. The van der Waals surface area contributed by atoms with Crippen LogP contribution >= 0.6 is 11.6 Å². The molecule has 0 unspecified atom stereocenters. The molecule has 6 nitrogen and oxygen atoms in total. The second-order valence-electron chi connectivity index (χ2n) is 7.20. The lowest BCUT2D eigenvalue weighted by molar-refractivity contribution is -0.114. The van der Waals surface area contributed by atoms with Crippen LogP contribution in [0.5, 0.6) is 5.75 Å². The molecule has 0 heterocycles. The van der Waals surface area contributed by atoms with Gasteiger partial charge in [-0.25, -0.2) is 8.42 Å². The molecule has 0 fully saturated rings. The molecule has 0 radical (unpaired) electrons. The highest BCUT2D eigenvalue weighted by Crippen LogP contribution is 2.32. The maximum absolute atomic E-state index is 13.5. The number of anilines is 2. The molecule has 0 bridgehead atoms. The highest BCUT2D eigenvalue weighted by molar-refractivity contribution is 7.92. The van der Waals surface area contributed by atoms with Gasteiger partial charge in [0.25, 0.3) is 10.0 Å². The number of halogens is 1. The monoisotopic (exact) mass is 472 g/mol. The molecule has 3 rings (SSSR count). The van der Waals surface area contributed by atoms with E-state index in [0.29, 0.717) is 11.4 Å². The number of methoxy groups -OCH3 is 1. The largest absolute Gasteiger partial charge is 0.495 e. The number of rotatable bonds is 8. The first-order valence-electron chi connectivity index (χ1n) is 10.1. The SMILES string of the molecule is CCc1ccccc1NC(=O)CN(c1ccc(OC)c(Cl)c1)S(=O)(=O)c1ccc(C)cc1. The summed E-state index contributed by atoms with van der Waals surface area (Å²) in [5.41, 5.74) is 2.80. The number of sulfonamides is 1. The van der Waals surface area contributed by atoms with Crippen LogP contribution < -0.4 is 14.4 Å². The first kappa shape index (κ1) is 23.6. The van der Waals surface area contributed by atoms with Crippen LogP contribution in [0, 0.1) is 6.92 Å². The topological polar surface area (TPSA) is 75.7 Å². The molecule has 3 aromatic carbocycles. The molecule has 3 aromatic rings. The van der Waals surface area contributed by atoms with E-state index in [1.54, 1.807) is 30.3 Å². The summed E-state index contributed by atoms with van der Waals surface area (Å²) in [5, 5.41) is 3.07. The normalized spacial score (nSPS) is 11.1. The summed E-state index contributed by atoms with van der Waals surface area (Å²) >= 11 is 6.25. The Morgan fingerprint density at radius 2 is 1.75 bits per heavy atom. The van der Waals surface area contributed by atoms with Crippen LogP contribution in [-0.4, -0.2) is 28.0 Å². The fraction of sp³-hybridized carbons (Fsp3) is 0.208. The smallest absolute Gasteiger partial charge is 0.264 e. The van der Waals surface area contributed by atoms with Crippen molar-refractivity contribution in [1.29, 1.82) is 0 Å². The number of amides is 1. The Hall–Kier alpha value is -3.03. The maximum Gasteiger partial charge on any atom is 0.264 e. The quantitative estimate of drug-likeness (QED) is 0.497. The predicted molar refractivity (Wildman–Crippen MR) is 128 cm³/mol. The van der Waals surface area contributed by atoms with Gasteiger partial charge in [0.05, 0.1) is 22.7 Å². The Morgan fingerprint density at radius 3 is 2.38 bits per heavy atom. The van der Waals surface area contributed by atoms with Crippen molar-refractivity contribution >= 4 is 38.9 Å². The molecule has 0 aliphatic heterocycles. The number of hydrogen-bond acceptors (Lipinski definition) is 4. The first-order valence-corrected chi connectivity index (χ1v) is 11.9. The molecule has 1 amide bonds. The van der Waals surface area contributed by atoms with Gasteiger partial charge in [-0.1, -0.05) is 54.4 Å². The summed E-state index contributed by atoms with van der Waals surface area (Å²) in [5.74, 6) is -0.0575. The Balaban J connectivity index is 1.99. The van der Waals surface area contributed by atoms with Gasteiger partial charge in [-0.15, -0.1) is 0 Å². The minimum absolute atomic E-state index is 0.0804. The van der Waals surface area contributed by atoms with Gasteiger partial charge in [0, 0.05) is 5.69 Å². The Kier molecular flexibility index (Phi) is 7.43. The van der Waals surface area contributed by atoms with Crippen LogP contribution in [0.25, 0.3) is 0 Å². The van der Waals surface area contributed by atoms with Crippen molar-refractivity contribution in [3.8, 4) is 5.75 Å². The van der Waals surface area contributed by atoms with Gasteiger partial charge in [-0.05, 0) is 55.3 Å². The highest BCUT2D eigenvalue weighted by atomic mass is 35.5. The summed E-state index contributed by atoms with van der Waals surface area (Å²) in [7, 11) is -2.56. The fourth-order valence-corrected chi connectivity index (χ4v) is 4.90. The summed E-state index contributed by atoms with van der Waals surface area (Å²) in [6.07, 6.45) is 0.732. The Labute approximate surface area is 193 Å². The standard InChI is InChI=1S/C24H25ClN2O4S/c1-4-18-7-5-6-8-22(18)26-24(28)16-27(19-11-14-23(31-3)21(25)15-19)32(29,30)20-12-9-17(2)10-13-20/h5-15H,4,16H2,1-3H3,(H,26,28). The summed E-state index contributed by atoms with van der Waals surface area (Å²) in [6, 6.07) is 18.5. The Bertz CT molecular complexity index is 1210. The molecule has 1 N–H and O–H groups in total. The van der Waals surface area contributed by atoms with Crippen molar-refractivity contribution in [1.82, 2.24) is 0 Å². The lowest BCUT2D eigenvalue weighted by Gasteiger charge is -2.25. The van der Waals surface area contributed by atoms with Gasteiger partial charge >= 0.3 is 0 Å².